The average molecular weight is 403 g/mol. The molecule has 0 saturated carbocycles. The van der Waals surface area contributed by atoms with Gasteiger partial charge in [-0.1, -0.05) is 47.5 Å². The Balaban J connectivity index is 1.86. The molecule has 0 heterocycles. The van der Waals surface area contributed by atoms with E-state index in [-0.39, 0.29) is 0 Å². The fourth-order valence-corrected chi connectivity index (χ4v) is 3.26. The molecule has 0 bridgehead atoms. The van der Waals surface area contributed by atoms with E-state index in [0.29, 0.717) is 32.7 Å². The van der Waals surface area contributed by atoms with Crippen molar-refractivity contribution in [1.29, 1.82) is 0 Å². The summed E-state index contributed by atoms with van der Waals surface area (Å²) in [5.74, 6) is 0.480. The van der Waals surface area contributed by atoms with Crippen LogP contribution in [0.15, 0.2) is 53.6 Å². The number of ether oxygens (including phenoxy) is 2. The van der Waals surface area contributed by atoms with E-state index in [2.05, 4.69) is 10.5 Å². The topological polar surface area (TPSA) is 59.9 Å². The highest BCUT2D eigenvalue weighted by atomic mass is 35.5. The maximum absolute atomic E-state index is 12.6. The van der Waals surface area contributed by atoms with Gasteiger partial charge >= 0.3 is 0 Å². The van der Waals surface area contributed by atoms with Crippen LogP contribution in [0.25, 0.3) is 10.8 Å². The largest absolute Gasteiger partial charge is 0.496 e. The lowest BCUT2D eigenvalue weighted by atomic mass is 10.1. The summed E-state index contributed by atoms with van der Waals surface area (Å²) in [6, 6.07) is 14.5. The van der Waals surface area contributed by atoms with Gasteiger partial charge in [0.25, 0.3) is 5.91 Å². The van der Waals surface area contributed by atoms with E-state index < -0.39 is 5.91 Å². The lowest BCUT2D eigenvalue weighted by molar-refractivity contribution is 0.0952. The summed E-state index contributed by atoms with van der Waals surface area (Å²) in [5, 5.41) is 6.68. The second kappa shape index (κ2) is 8.29. The molecular formula is C20H16Cl2N2O3. The predicted molar refractivity (Wildman–Crippen MR) is 109 cm³/mol. The lowest BCUT2D eigenvalue weighted by Gasteiger charge is -2.10. The zero-order chi connectivity index (χ0) is 19.4. The Kier molecular flexibility index (Phi) is 5.84. The minimum absolute atomic E-state index is 0.356. The molecule has 1 amide bonds. The number of fused-ring (bicyclic) bond motifs is 1. The first-order valence-corrected chi connectivity index (χ1v) is 8.72. The third-order valence-corrected chi connectivity index (χ3v) is 4.42. The van der Waals surface area contributed by atoms with Crippen molar-refractivity contribution in [3.05, 3.63) is 69.7 Å². The van der Waals surface area contributed by atoms with Gasteiger partial charge in [0.15, 0.2) is 0 Å². The third kappa shape index (κ3) is 4.15. The van der Waals surface area contributed by atoms with Gasteiger partial charge in [-0.25, -0.2) is 5.43 Å². The van der Waals surface area contributed by atoms with Crippen molar-refractivity contribution in [2.75, 3.05) is 14.2 Å². The first-order chi connectivity index (χ1) is 13.0. The first kappa shape index (κ1) is 19.0. The molecule has 0 unspecified atom stereocenters. The molecule has 0 spiro atoms. The number of rotatable bonds is 5. The zero-order valence-corrected chi connectivity index (χ0v) is 16.1. The summed E-state index contributed by atoms with van der Waals surface area (Å²) in [5.41, 5.74) is 3.41. The maximum Gasteiger partial charge on any atom is 0.275 e. The molecule has 7 heteroatoms. The summed E-state index contributed by atoms with van der Waals surface area (Å²) < 4.78 is 10.6. The smallest absolute Gasteiger partial charge is 0.275 e. The minimum Gasteiger partial charge on any atom is -0.496 e. The summed E-state index contributed by atoms with van der Waals surface area (Å²) in [7, 11) is 3.01. The molecule has 0 aliphatic rings. The van der Waals surface area contributed by atoms with E-state index in [9.17, 15) is 4.79 Å². The third-order valence-electron chi connectivity index (χ3n) is 3.92. The molecule has 3 rings (SSSR count). The molecule has 0 aliphatic heterocycles. The fraction of sp³-hybridized carbons (Fsp3) is 0.100. The van der Waals surface area contributed by atoms with Crippen LogP contribution in [-0.4, -0.2) is 26.3 Å². The second-order valence-corrected chi connectivity index (χ2v) is 6.45. The van der Waals surface area contributed by atoms with Crippen molar-refractivity contribution >= 4 is 46.1 Å². The van der Waals surface area contributed by atoms with Crippen LogP contribution in [0.5, 0.6) is 11.5 Å². The van der Waals surface area contributed by atoms with Crippen molar-refractivity contribution in [2.24, 2.45) is 5.10 Å². The Morgan fingerprint density at radius 2 is 1.74 bits per heavy atom. The molecule has 3 aromatic carbocycles. The molecule has 0 radical (unpaired) electrons. The van der Waals surface area contributed by atoms with Gasteiger partial charge < -0.3 is 9.47 Å². The van der Waals surface area contributed by atoms with Crippen LogP contribution in [0.3, 0.4) is 0 Å². The molecule has 0 aromatic heterocycles. The molecule has 0 aliphatic carbocycles. The molecule has 0 saturated heterocycles. The van der Waals surface area contributed by atoms with Gasteiger partial charge in [-0.3, -0.25) is 4.79 Å². The SMILES string of the molecule is COc1cc2ccccc2cc1C(=O)N/N=C/c1cc(Cl)cc(Cl)c1OC. The van der Waals surface area contributed by atoms with Gasteiger partial charge in [0.2, 0.25) is 0 Å². The molecule has 1 N–H and O–H groups in total. The highest BCUT2D eigenvalue weighted by Crippen LogP contribution is 2.31. The quantitative estimate of drug-likeness (QED) is 0.486. The summed E-state index contributed by atoms with van der Waals surface area (Å²) in [6.07, 6.45) is 1.42. The van der Waals surface area contributed by atoms with Crippen molar-refractivity contribution in [2.45, 2.75) is 0 Å². The number of hydrogen-bond donors (Lipinski definition) is 1. The number of hydrogen-bond acceptors (Lipinski definition) is 4. The van der Waals surface area contributed by atoms with Gasteiger partial charge in [-0.15, -0.1) is 0 Å². The summed E-state index contributed by atoms with van der Waals surface area (Å²) in [6.45, 7) is 0. The minimum atomic E-state index is -0.402. The number of amides is 1. The second-order valence-electron chi connectivity index (χ2n) is 5.61. The van der Waals surface area contributed by atoms with Crippen molar-refractivity contribution in [3.63, 3.8) is 0 Å². The molecule has 3 aromatic rings. The number of methoxy groups -OCH3 is 2. The van der Waals surface area contributed by atoms with Gasteiger partial charge in [-0.05, 0) is 35.0 Å². The van der Waals surface area contributed by atoms with Gasteiger partial charge in [0.1, 0.15) is 11.5 Å². The summed E-state index contributed by atoms with van der Waals surface area (Å²) in [4.78, 5) is 12.6. The Morgan fingerprint density at radius 1 is 1.04 bits per heavy atom. The van der Waals surface area contributed by atoms with Gasteiger partial charge in [0.05, 0.1) is 31.0 Å². The van der Waals surface area contributed by atoms with Crippen LogP contribution < -0.4 is 14.9 Å². The Labute approximate surface area is 166 Å². The molecule has 27 heavy (non-hydrogen) atoms. The summed E-state index contributed by atoms with van der Waals surface area (Å²) >= 11 is 12.1. The molecule has 0 fully saturated rings. The Bertz CT molecular complexity index is 1040. The molecule has 5 nitrogen and oxygen atoms in total. The monoisotopic (exact) mass is 402 g/mol. The fourth-order valence-electron chi connectivity index (χ4n) is 2.68. The number of benzene rings is 3. The van der Waals surface area contributed by atoms with E-state index >= 15 is 0 Å². The van der Waals surface area contributed by atoms with Gasteiger partial charge in [-0.2, -0.15) is 5.10 Å². The number of halogens is 2. The van der Waals surface area contributed by atoms with Crippen LogP contribution in [0.1, 0.15) is 15.9 Å². The number of hydrazone groups is 1. The van der Waals surface area contributed by atoms with E-state index in [1.807, 2.05) is 30.3 Å². The highest BCUT2D eigenvalue weighted by molar-refractivity contribution is 6.36. The van der Waals surface area contributed by atoms with Crippen molar-refractivity contribution in [1.82, 2.24) is 5.43 Å². The molecule has 0 atom stereocenters. The number of nitrogens with one attached hydrogen (secondary N) is 1. The zero-order valence-electron chi connectivity index (χ0n) is 14.6. The number of carbonyl (C=O) groups is 1. The standard InChI is InChI=1S/C20H16Cl2N2O3/c1-26-18-9-13-6-4-3-5-12(13)8-16(18)20(25)24-23-11-14-7-15(21)10-17(22)19(14)27-2/h3-11H,1-2H3,(H,24,25)/b23-11+. The maximum atomic E-state index is 12.6. The normalized spacial score (nSPS) is 11.0. The van der Waals surface area contributed by atoms with E-state index in [1.54, 1.807) is 18.2 Å². The molecule has 138 valence electrons. The van der Waals surface area contributed by atoms with Crippen LogP contribution in [0.2, 0.25) is 10.0 Å². The van der Waals surface area contributed by atoms with E-state index in [4.69, 9.17) is 32.7 Å². The highest BCUT2D eigenvalue weighted by Gasteiger charge is 2.13. The van der Waals surface area contributed by atoms with E-state index in [0.717, 1.165) is 10.8 Å². The predicted octanol–water partition coefficient (Wildman–Crippen LogP) is 4.93. The van der Waals surface area contributed by atoms with E-state index in [1.165, 1.54) is 20.4 Å². The van der Waals surface area contributed by atoms with Crippen LogP contribution in [0, 0.1) is 0 Å². The van der Waals surface area contributed by atoms with Crippen LogP contribution in [-0.2, 0) is 0 Å². The average Bonchev–Trinajstić information content (AvgIpc) is 2.66. The number of carbonyl (C=O) groups excluding carboxylic acids is 1. The Morgan fingerprint density at radius 3 is 2.41 bits per heavy atom. The number of nitrogens with zero attached hydrogens (tertiary/aromatic N) is 1. The Hall–Kier alpha value is -2.76. The van der Waals surface area contributed by atoms with Gasteiger partial charge in [0, 0.05) is 10.6 Å². The first-order valence-electron chi connectivity index (χ1n) is 7.96. The van der Waals surface area contributed by atoms with Crippen LogP contribution >= 0.6 is 23.2 Å². The lowest BCUT2D eigenvalue weighted by Crippen LogP contribution is -2.18. The van der Waals surface area contributed by atoms with Crippen molar-refractivity contribution in [3.8, 4) is 11.5 Å². The van der Waals surface area contributed by atoms with Crippen LogP contribution in [0.4, 0.5) is 0 Å². The molecular weight excluding hydrogens is 387 g/mol. The van der Waals surface area contributed by atoms with Crippen molar-refractivity contribution < 1.29 is 14.3 Å².